The molecule has 0 N–H and O–H groups in total. The molecule has 7 aromatic carbocycles. The monoisotopic (exact) mass is 559 g/mol. The molecule has 204 valence electrons. The highest BCUT2D eigenvalue weighted by Gasteiger charge is 2.17. The predicted molar refractivity (Wildman–Crippen MR) is 183 cm³/mol. The first-order valence-corrected chi connectivity index (χ1v) is 14.8. The zero-order valence-electron chi connectivity index (χ0n) is 23.8. The van der Waals surface area contributed by atoms with E-state index in [0.717, 1.165) is 16.7 Å². The van der Waals surface area contributed by atoms with Gasteiger partial charge in [-0.25, -0.2) is 0 Å². The second-order valence-electron chi connectivity index (χ2n) is 11.3. The van der Waals surface area contributed by atoms with Crippen molar-refractivity contribution >= 4 is 54.4 Å². The smallest absolute Gasteiger partial charge is 0.0992 e. The van der Waals surface area contributed by atoms with Crippen molar-refractivity contribution in [1.29, 1.82) is 5.26 Å². The number of nitriles is 1. The summed E-state index contributed by atoms with van der Waals surface area (Å²) < 4.78 is 4.67. The molecule has 0 bridgehead atoms. The molecular formula is C41H25N3. The number of hydrogen-bond acceptors (Lipinski definition) is 1. The number of nitrogens with zero attached hydrogens (tertiary/aromatic N) is 3. The van der Waals surface area contributed by atoms with Crippen LogP contribution in [0.4, 0.5) is 0 Å². The second kappa shape index (κ2) is 9.46. The molecule has 0 saturated carbocycles. The summed E-state index contributed by atoms with van der Waals surface area (Å²) in [5.41, 5.74) is 9.85. The third kappa shape index (κ3) is 3.55. The predicted octanol–water partition coefficient (Wildman–Crippen LogP) is 10.6. The van der Waals surface area contributed by atoms with Crippen molar-refractivity contribution < 1.29 is 0 Å². The van der Waals surface area contributed by atoms with Crippen LogP contribution in [0.5, 0.6) is 0 Å². The van der Waals surface area contributed by atoms with E-state index >= 15 is 0 Å². The van der Waals surface area contributed by atoms with Crippen LogP contribution in [0.2, 0.25) is 0 Å². The van der Waals surface area contributed by atoms with Gasteiger partial charge in [0.2, 0.25) is 0 Å². The third-order valence-electron chi connectivity index (χ3n) is 8.92. The van der Waals surface area contributed by atoms with E-state index in [2.05, 4.69) is 149 Å². The summed E-state index contributed by atoms with van der Waals surface area (Å²) in [5.74, 6) is 0. The summed E-state index contributed by atoms with van der Waals surface area (Å²) >= 11 is 0. The summed E-state index contributed by atoms with van der Waals surface area (Å²) in [5, 5.41) is 16.9. The average Bonchev–Trinajstić information content (AvgIpc) is 3.60. The van der Waals surface area contributed by atoms with E-state index in [-0.39, 0.29) is 0 Å². The van der Waals surface area contributed by atoms with Gasteiger partial charge in [-0.1, -0.05) is 91.0 Å². The van der Waals surface area contributed by atoms with Gasteiger partial charge in [-0.15, -0.1) is 0 Å². The van der Waals surface area contributed by atoms with Crippen LogP contribution in [0.25, 0.3) is 76.9 Å². The highest BCUT2D eigenvalue weighted by Crippen LogP contribution is 2.39. The zero-order chi connectivity index (χ0) is 29.2. The van der Waals surface area contributed by atoms with Crippen LogP contribution in [0.15, 0.2) is 152 Å². The van der Waals surface area contributed by atoms with Crippen LogP contribution >= 0.6 is 0 Å². The molecule has 0 aliphatic carbocycles. The van der Waals surface area contributed by atoms with Gasteiger partial charge in [0.25, 0.3) is 0 Å². The first-order valence-electron chi connectivity index (χ1n) is 14.8. The molecule has 2 heterocycles. The first-order chi connectivity index (χ1) is 21.8. The third-order valence-corrected chi connectivity index (χ3v) is 8.92. The lowest BCUT2D eigenvalue weighted by Gasteiger charge is -2.12. The number of aromatic nitrogens is 2. The fourth-order valence-electron chi connectivity index (χ4n) is 6.96. The van der Waals surface area contributed by atoms with E-state index in [1.54, 1.807) is 0 Å². The maximum atomic E-state index is 9.54. The fraction of sp³-hybridized carbons (Fsp3) is 0. The minimum atomic E-state index is 0.654. The van der Waals surface area contributed by atoms with Crippen LogP contribution in [-0.4, -0.2) is 9.13 Å². The van der Waals surface area contributed by atoms with Crippen molar-refractivity contribution in [3.63, 3.8) is 0 Å². The minimum Gasteiger partial charge on any atom is -0.309 e. The highest BCUT2D eigenvalue weighted by atomic mass is 15.0. The van der Waals surface area contributed by atoms with Crippen molar-refractivity contribution in [2.45, 2.75) is 0 Å². The van der Waals surface area contributed by atoms with Crippen LogP contribution in [0.1, 0.15) is 5.56 Å². The van der Waals surface area contributed by atoms with E-state index < -0.39 is 0 Å². The molecule has 0 amide bonds. The lowest BCUT2D eigenvalue weighted by atomic mass is 10.0. The Morgan fingerprint density at radius 2 is 0.955 bits per heavy atom. The number of benzene rings is 7. The van der Waals surface area contributed by atoms with E-state index in [4.69, 9.17) is 0 Å². The molecule has 2 aromatic heterocycles. The summed E-state index contributed by atoms with van der Waals surface area (Å²) in [6.45, 7) is 0. The lowest BCUT2D eigenvalue weighted by Crippen LogP contribution is -1.95. The van der Waals surface area contributed by atoms with Crippen molar-refractivity contribution in [2.75, 3.05) is 0 Å². The number of rotatable bonds is 3. The van der Waals surface area contributed by atoms with Crippen molar-refractivity contribution in [3.05, 3.63) is 157 Å². The number of para-hydroxylation sites is 2. The molecule has 0 saturated heterocycles. The molecule has 3 heteroatoms. The molecule has 0 spiro atoms. The van der Waals surface area contributed by atoms with Crippen LogP contribution in [-0.2, 0) is 0 Å². The highest BCUT2D eigenvalue weighted by molar-refractivity contribution is 6.13. The standard InChI is InChI=1S/C41H25N3/c42-26-27-9-7-12-31(23-27)43-38-16-5-3-14-33(38)35-24-29(19-21-40(35)43)30-20-22-41-36(25-30)34-15-4-6-17-39(34)44(41)37-18-8-11-28-10-1-2-13-32(28)37/h1-25H. The normalized spacial score (nSPS) is 11.6. The maximum Gasteiger partial charge on any atom is 0.0992 e. The van der Waals surface area contributed by atoms with Crippen LogP contribution in [0, 0.1) is 11.3 Å². The van der Waals surface area contributed by atoms with E-state index in [1.165, 1.54) is 60.2 Å². The topological polar surface area (TPSA) is 33.6 Å². The van der Waals surface area contributed by atoms with E-state index in [9.17, 15) is 5.26 Å². The fourth-order valence-corrected chi connectivity index (χ4v) is 6.96. The van der Waals surface area contributed by atoms with Crippen molar-refractivity contribution in [3.8, 4) is 28.6 Å². The molecule has 9 rings (SSSR count). The molecule has 0 unspecified atom stereocenters. The minimum absolute atomic E-state index is 0.654. The molecule has 0 aliphatic rings. The maximum absolute atomic E-state index is 9.54. The van der Waals surface area contributed by atoms with Crippen LogP contribution in [0.3, 0.4) is 0 Å². The van der Waals surface area contributed by atoms with Crippen LogP contribution < -0.4 is 0 Å². The van der Waals surface area contributed by atoms with Gasteiger partial charge < -0.3 is 9.13 Å². The summed E-state index contributed by atoms with van der Waals surface area (Å²) in [6.07, 6.45) is 0. The quantitative estimate of drug-likeness (QED) is 0.212. The Morgan fingerprint density at radius 1 is 0.409 bits per heavy atom. The molecule has 0 atom stereocenters. The van der Waals surface area contributed by atoms with Gasteiger partial charge >= 0.3 is 0 Å². The molecular weight excluding hydrogens is 534 g/mol. The molecule has 0 fully saturated rings. The molecule has 3 nitrogen and oxygen atoms in total. The summed E-state index contributed by atoms with van der Waals surface area (Å²) in [7, 11) is 0. The van der Waals surface area contributed by atoms with Crippen molar-refractivity contribution in [2.24, 2.45) is 0 Å². The number of fused-ring (bicyclic) bond motifs is 7. The Kier molecular flexibility index (Phi) is 5.26. The Balaban J connectivity index is 1.27. The van der Waals surface area contributed by atoms with Gasteiger partial charge in [0.15, 0.2) is 0 Å². The Bertz CT molecular complexity index is 2620. The molecule has 0 radical (unpaired) electrons. The molecule has 9 aromatic rings. The average molecular weight is 560 g/mol. The van der Waals surface area contributed by atoms with Gasteiger partial charge in [-0.05, 0) is 77.2 Å². The zero-order valence-corrected chi connectivity index (χ0v) is 23.8. The Morgan fingerprint density at radius 3 is 1.66 bits per heavy atom. The molecule has 44 heavy (non-hydrogen) atoms. The van der Waals surface area contributed by atoms with E-state index in [1.807, 2.05) is 18.2 Å². The SMILES string of the molecule is N#Cc1cccc(-n2c3ccccc3c3cc(-c4ccc5c(c4)c4ccccc4n5-c4cccc5ccccc45)ccc32)c1. The van der Waals surface area contributed by atoms with Gasteiger partial charge in [0, 0.05) is 32.6 Å². The van der Waals surface area contributed by atoms with E-state index in [0.29, 0.717) is 5.56 Å². The Hall–Kier alpha value is -6.11. The largest absolute Gasteiger partial charge is 0.309 e. The first kappa shape index (κ1) is 24.5. The second-order valence-corrected chi connectivity index (χ2v) is 11.3. The van der Waals surface area contributed by atoms with Gasteiger partial charge in [0.05, 0.1) is 39.4 Å². The Labute approximate surface area is 254 Å². The summed E-state index contributed by atoms with van der Waals surface area (Å²) in [4.78, 5) is 0. The van der Waals surface area contributed by atoms with Crippen molar-refractivity contribution in [1.82, 2.24) is 9.13 Å². The number of hydrogen-bond donors (Lipinski definition) is 0. The van der Waals surface area contributed by atoms with Gasteiger partial charge in [0.1, 0.15) is 0 Å². The summed E-state index contributed by atoms with van der Waals surface area (Å²) in [6, 6.07) is 56.1. The van der Waals surface area contributed by atoms with Gasteiger partial charge in [-0.3, -0.25) is 0 Å². The lowest BCUT2D eigenvalue weighted by molar-refractivity contribution is 1.18. The van der Waals surface area contributed by atoms with Gasteiger partial charge in [-0.2, -0.15) is 5.26 Å². The molecule has 0 aliphatic heterocycles.